The minimum atomic E-state index is -0.0582. The van der Waals surface area contributed by atoms with E-state index in [1.54, 1.807) is 0 Å². The summed E-state index contributed by atoms with van der Waals surface area (Å²) in [6, 6.07) is 21.4. The highest BCUT2D eigenvalue weighted by Crippen LogP contribution is 2.31. The summed E-state index contributed by atoms with van der Waals surface area (Å²) in [5.74, 6) is -0.0582. The minimum Gasteiger partial charge on any atom is -0.303 e. The lowest BCUT2D eigenvalue weighted by Gasteiger charge is -2.24. The monoisotopic (exact) mass is 348 g/mol. The zero-order valence-electron chi connectivity index (χ0n) is 16.3. The summed E-state index contributed by atoms with van der Waals surface area (Å²) >= 11 is 0. The molecule has 1 atom stereocenters. The van der Waals surface area contributed by atoms with E-state index in [2.05, 4.69) is 73.3 Å². The molecule has 2 aromatic carbocycles. The summed E-state index contributed by atoms with van der Waals surface area (Å²) in [4.78, 5) is 2.54. The third kappa shape index (κ3) is 6.00. The third-order valence-corrected chi connectivity index (χ3v) is 4.97. The van der Waals surface area contributed by atoms with E-state index >= 15 is 0 Å². The first-order valence-corrected chi connectivity index (χ1v) is 10.1. The topological polar surface area (TPSA) is 27.0 Å². The van der Waals surface area contributed by atoms with E-state index in [0.717, 1.165) is 31.6 Å². The van der Waals surface area contributed by atoms with Gasteiger partial charge in [-0.15, -0.1) is 0 Å². The lowest BCUT2D eigenvalue weighted by Crippen LogP contribution is -2.28. The Bertz CT molecular complexity index is 664. The van der Waals surface area contributed by atoms with Gasteiger partial charge in [-0.1, -0.05) is 81.3 Å². The van der Waals surface area contributed by atoms with Crippen LogP contribution in [0.1, 0.15) is 57.4 Å². The van der Waals surface area contributed by atoms with Crippen LogP contribution in [0.3, 0.4) is 0 Å². The van der Waals surface area contributed by atoms with Crippen molar-refractivity contribution in [2.45, 2.75) is 51.9 Å². The van der Waals surface area contributed by atoms with Crippen LogP contribution in [0.5, 0.6) is 0 Å². The summed E-state index contributed by atoms with van der Waals surface area (Å²) in [6.45, 7) is 7.78. The molecule has 2 rings (SSSR count). The maximum Gasteiger partial charge on any atom is 0.0730 e. The Hall–Kier alpha value is -2.11. The van der Waals surface area contributed by atoms with E-state index in [1.165, 1.54) is 36.8 Å². The smallest absolute Gasteiger partial charge is 0.0730 e. The van der Waals surface area contributed by atoms with E-state index in [1.807, 2.05) is 6.07 Å². The van der Waals surface area contributed by atoms with Gasteiger partial charge < -0.3 is 4.90 Å². The fourth-order valence-corrected chi connectivity index (χ4v) is 3.38. The lowest BCUT2D eigenvalue weighted by molar-refractivity contribution is 0.259. The van der Waals surface area contributed by atoms with Crippen LogP contribution in [0.15, 0.2) is 54.6 Å². The van der Waals surface area contributed by atoms with E-state index in [9.17, 15) is 5.26 Å². The first-order chi connectivity index (χ1) is 12.8. The van der Waals surface area contributed by atoms with Gasteiger partial charge >= 0.3 is 0 Å². The highest BCUT2D eigenvalue weighted by molar-refractivity contribution is 5.68. The summed E-state index contributed by atoms with van der Waals surface area (Å²) in [6.07, 6.45) is 5.82. The van der Waals surface area contributed by atoms with Crippen molar-refractivity contribution in [1.29, 1.82) is 5.26 Å². The Morgan fingerprint density at radius 2 is 1.46 bits per heavy atom. The molecular weight excluding hydrogens is 316 g/mol. The fourth-order valence-electron chi connectivity index (χ4n) is 3.38. The van der Waals surface area contributed by atoms with Crippen molar-refractivity contribution in [2.24, 2.45) is 0 Å². The Kier molecular flexibility index (Phi) is 8.93. The molecule has 138 valence electrons. The van der Waals surface area contributed by atoms with Gasteiger partial charge in [0.1, 0.15) is 0 Å². The maximum atomic E-state index is 9.85. The number of hydrogen-bond acceptors (Lipinski definition) is 2. The SMILES string of the molecule is CCCCN(CCCC)CCC(C#N)c1ccccc1-c1ccccc1. The van der Waals surface area contributed by atoms with Crippen molar-refractivity contribution < 1.29 is 0 Å². The maximum absolute atomic E-state index is 9.85. The van der Waals surface area contributed by atoms with Crippen LogP contribution < -0.4 is 0 Å². The van der Waals surface area contributed by atoms with Gasteiger partial charge in [0.2, 0.25) is 0 Å². The molecule has 0 bridgehead atoms. The van der Waals surface area contributed by atoms with Crippen molar-refractivity contribution in [1.82, 2.24) is 4.90 Å². The zero-order valence-corrected chi connectivity index (χ0v) is 16.3. The van der Waals surface area contributed by atoms with Crippen molar-refractivity contribution in [3.8, 4) is 17.2 Å². The molecule has 0 radical (unpaired) electrons. The number of benzene rings is 2. The van der Waals surface area contributed by atoms with Crippen LogP contribution in [0.25, 0.3) is 11.1 Å². The standard InChI is InChI=1S/C24H32N2/c1-3-5-17-26(18-6-4-2)19-16-22(20-25)24-15-11-10-14-23(24)21-12-8-7-9-13-21/h7-15,22H,3-6,16-19H2,1-2H3. The van der Waals surface area contributed by atoms with Gasteiger partial charge in [-0.05, 0) is 55.6 Å². The summed E-state index contributed by atoms with van der Waals surface area (Å²) in [7, 11) is 0. The Morgan fingerprint density at radius 1 is 0.846 bits per heavy atom. The van der Waals surface area contributed by atoms with Gasteiger partial charge in [-0.3, -0.25) is 0 Å². The Balaban J connectivity index is 2.12. The zero-order chi connectivity index (χ0) is 18.6. The first-order valence-electron chi connectivity index (χ1n) is 10.1. The quantitative estimate of drug-likeness (QED) is 0.479. The number of hydrogen-bond donors (Lipinski definition) is 0. The van der Waals surface area contributed by atoms with Crippen LogP contribution in [-0.4, -0.2) is 24.5 Å². The molecule has 2 aromatic rings. The molecular formula is C24H32N2. The van der Waals surface area contributed by atoms with E-state index in [-0.39, 0.29) is 5.92 Å². The molecule has 26 heavy (non-hydrogen) atoms. The highest BCUT2D eigenvalue weighted by Gasteiger charge is 2.17. The fraction of sp³-hybridized carbons (Fsp3) is 0.458. The van der Waals surface area contributed by atoms with Crippen molar-refractivity contribution in [3.63, 3.8) is 0 Å². The third-order valence-electron chi connectivity index (χ3n) is 4.97. The Morgan fingerprint density at radius 3 is 2.08 bits per heavy atom. The van der Waals surface area contributed by atoms with Crippen molar-refractivity contribution >= 4 is 0 Å². The second kappa shape index (κ2) is 11.5. The first kappa shape index (κ1) is 20.2. The van der Waals surface area contributed by atoms with Crippen molar-refractivity contribution in [3.05, 3.63) is 60.2 Å². The number of rotatable bonds is 11. The van der Waals surface area contributed by atoms with Crippen LogP contribution >= 0.6 is 0 Å². The van der Waals surface area contributed by atoms with Gasteiger partial charge in [0, 0.05) is 0 Å². The molecule has 0 aliphatic carbocycles. The van der Waals surface area contributed by atoms with E-state index in [4.69, 9.17) is 0 Å². The van der Waals surface area contributed by atoms with Gasteiger partial charge in [0.05, 0.1) is 12.0 Å². The summed E-state index contributed by atoms with van der Waals surface area (Å²) < 4.78 is 0. The van der Waals surface area contributed by atoms with Gasteiger partial charge in [-0.25, -0.2) is 0 Å². The second-order valence-corrected chi connectivity index (χ2v) is 6.97. The molecule has 0 aromatic heterocycles. The van der Waals surface area contributed by atoms with Gasteiger partial charge in [0.15, 0.2) is 0 Å². The van der Waals surface area contributed by atoms with Crippen LogP contribution in [0.4, 0.5) is 0 Å². The molecule has 0 spiro atoms. The number of nitriles is 1. The number of nitrogens with zero attached hydrogens (tertiary/aromatic N) is 2. The highest BCUT2D eigenvalue weighted by atomic mass is 15.1. The Labute approximate surface area is 159 Å². The van der Waals surface area contributed by atoms with Crippen LogP contribution in [-0.2, 0) is 0 Å². The van der Waals surface area contributed by atoms with E-state index < -0.39 is 0 Å². The lowest BCUT2D eigenvalue weighted by atomic mass is 9.89. The average molecular weight is 349 g/mol. The van der Waals surface area contributed by atoms with Crippen molar-refractivity contribution in [2.75, 3.05) is 19.6 Å². The molecule has 0 aliphatic rings. The molecule has 2 nitrogen and oxygen atoms in total. The van der Waals surface area contributed by atoms with Crippen LogP contribution in [0.2, 0.25) is 0 Å². The molecule has 0 saturated heterocycles. The summed E-state index contributed by atoms with van der Waals surface area (Å²) in [5.41, 5.74) is 3.54. The molecule has 0 amide bonds. The summed E-state index contributed by atoms with van der Waals surface area (Å²) in [5, 5.41) is 9.85. The van der Waals surface area contributed by atoms with Gasteiger partial charge in [0.25, 0.3) is 0 Å². The van der Waals surface area contributed by atoms with E-state index in [0.29, 0.717) is 0 Å². The molecule has 0 heterocycles. The molecule has 2 heteroatoms. The molecule has 0 aliphatic heterocycles. The predicted octanol–water partition coefficient (Wildman–Crippen LogP) is 6.25. The normalized spacial score (nSPS) is 12.1. The largest absolute Gasteiger partial charge is 0.303 e. The van der Waals surface area contributed by atoms with Gasteiger partial charge in [-0.2, -0.15) is 5.26 Å². The molecule has 0 saturated carbocycles. The molecule has 0 N–H and O–H groups in total. The predicted molar refractivity (Wildman–Crippen MR) is 111 cm³/mol. The molecule has 1 unspecified atom stereocenters. The number of unbranched alkanes of at least 4 members (excludes halogenated alkanes) is 2. The average Bonchev–Trinajstić information content (AvgIpc) is 2.71. The second-order valence-electron chi connectivity index (χ2n) is 6.97. The minimum absolute atomic E-state index is 0.0582. The molecule has 0 fully saturated rings. The van der Waals surface area contributed by atoms with Crippen LogP contribution in [0, 0.1) is 11.3 Å².